The second kappa shape index (κ2) is 23.5. The second-order valence-electron chi connectivity index (χ2n) is 0. The van der Waals surface area contributed by atoms with Crippen molar-refractivity contribution in [2.75, 3.05) is 0 Å². The molecule has 0 aliphatic carbocycles. The Hall–Kier alpha value is 1.58. The second-order valence-corrected chi connectivity index (χ2v) is 0. The first-order valence-electron chi connectivity index (χ1n) is 0.158. The van der Waals surface area contributed by atoms with E-state index in [1.807, 2.05) is 0 Å². The van der Waals surface area contributed by atoms with Gasteiger partial charge in [-0.25, -0.2) is 0 Å². The van der Waals surface area contributed by atoms with E-state index in [1.165, 1.54) is 0 Å². The maximum atomic E-state index is 3.19. The van der Waals surface area contributed by atoms with E-state index in [2.05, 4.69) is 29.4 Å². The van der Waals surface area contributed by atoms with E-state index in [0.717, 1.165) is 0 Å². The molecule has 0 fully saturated rings. The minimum atomic E-state index is 0. The van der Waals surface area contributed by atoms with Crippen molar-refractivity contribution in [1.29, 1.82) is 0 Å². The number of hydrogen-bond acceptors (Lipinski definition) is 1. The van der Waals surface area contributed by atoms with Gasteiger partial charge in [0.25, 0.3) is 0 Å². The monoisotopic (exact) mass is 180 g/mol. The molecular weight excluding hydrogens is 177 g/mol. The van der Waals surface area contributed by atoms with Crippen molar-refractivity contribution in [1.82, 2.24) is 6.15 Å². The molecule has 0 bridgehead atoms. The molecule has 29 valence electrons. The normalized spacial score (nSPS) is 1.25. The van der Waals surface area contributed by atoms with Crippen molar-refractivity contribution in [2.45, 2.75) is 0 Å². The first-order valence-corrected chi connectivity index (χ1v) is 2.69. The van der Waals surface area contributed by atoms with E-state index >= 15 is 0 Å². The third kappa shape index (κ3) is 9.54. The Balaban J connectivity index is -0.00000000500. The van der Waals surface area contributed by atoms with E-state index in [0.29, 0.717) is 0 Å². The summed E-state index contributed by atoms with van der Waals surface area (Å²) in [5.74, 6) is 0. The van der Waals surface area contributed by atoms with Crippen LogP contribution in [0, 0.1) is 0 Å². The van der Waals surface area contributed by atoms with Crippen LogP contribution in [0.15, 0.2) is 0 Å². The Kier molecular flexibility index (Phi) is 103. The van der Waals surface area contributed by atoms with Gasteiger partial charge in [0, 0.05) is 17.1 Å². The molecule has 0 atom stereocenters. The van der Waals surface area contributed by atoms with Crippen LogP contribution in [0.1, 0.15) is 0 Å². The van der Waals surface area contributed by atoms with Gasteiger partial charge < -0.3 is 6.15 Å². The molecular formula is H3Fe2NV. The zero-order valence-electron chi connectivity index (χ0n) is 1.86. The molecule has 0 aromatic rings. The van der Waals surface area contributed by atoms with Crippen molar-refractivity contribution >= 4 is 0 Å². The van der Waals surface area contributed by atoms with E-state index in [-0.39, 0.29) is 23.2 Å². The van der Waals surface area contributed by atoms with Crippen LogP contribution in [0.4, 0.5) is 0 Å². The van der Waals surface area contributed by atoms with Crippen LogP contribution in [0.2, 0.25) is 0 Å². The minimum absolute atomic E-state index is 0. The van der Waals surface area contributed by atoms with Gasteiger partial charge in [-0.3, -0.25) is 0 Å². The van der Waals surface area contributed by atoms with Gasteiger partial charge in [-0.05, 0) is 0 Å². The Morgan fingerprint density at radius 1 is 1.25 bits per heavy atom. The molecule has 0 spiro atoms. The average Bonchev–Trinajstić information content (AvgIpc) is 1.00. The van der Waals surface area contributed by atoms with Crippen molar-refractivity contribution in [3.05, 3.63) is 0 Å². The molecule has 0 radical (unpaired) electrons. The fourth-order valence-corrected chi connectivity index (χ4v) is 0. The van der Waals surface area contributed by atoms with Crippen LogP contribution < -0.4 is 6.15 Å². The molecule has 0 saturated heterocycles. The van der Waals surface area contributed by atoms with E-state index in [9.17, 15) is 0 Å². The van der Waals surface area contributed by atoms with Gasteiger partial charge in [-0.15, -0.1) is 0 Å². The van der Waals surface area contributed by atoms with Crippen LogP contribution in [0.3, 0.4) is 0 Å². The fourth-order valence-electron chi connectivity index (χ4n) is 0. The molecule has 0 aromatic heterocycles. The van der Waals surface area contributed by atoms with Gasteiger partial charge in [0.15, 0.2) is 0 Å². The predicted octanol–water partition coefficient (Wildman–Crippen LogP) is 0.154. The topological polar surface area (TPSA) is 35.0 Å². The third-order valence-electron chi connectivity index (χ3n) is 0. The Morgan fingerprint density at radius 2 is 1.25 bits per heavy atom. The molecule has 4 heavy (non-hydrogen) atoms. The Bertz CT molecular complexity index is 6.00. The zero-order valence-corrected chi connectivity index (χ0v) is 5.47. The summed E-state index contributed by atoms with van der Waals surface area (Å²) in [6, 6.07) is 0. The Labute approximate surface area is 52.5 Å². The number of hydrogen-bond donors (Lipinski definition) is 1. The van der Waals surface area contributed by atoms with Crippen molar-refractivity contribution in [3.63, 3.8) is 0 Å². The molecule has 0 aromatic carbocycles. The van der Waals surface area contributed by atoms with Gasteiger partial charge in [0.2, 0.25) is 0 Å². The summed E-state index contributed by atoms with van der Waals surface area (Å²) in [6.45, 7) is 0. The summed E-state index contributed by atoms with van der Waals surface area (Å²) >= 11 is 5.25. The molecule has 1 nitrogen and oxygen atoms in total. The molecule has 0 amide bonds. The summed E-state index contributed by atoms with van der Waals surface area (Å²) < 4.78 is 0. The van der Waals surface area contributed by atoms with Crippen LogP contribution >= 0.6 is 0 Å². The standard InChI is InChI=1S/2Fe.H3N.V/h;;1H3;. The summed E-state index contributed by atoms with van der Waals surface area (Å²) in [4.78, 5) is 0. The third-order valence-corrected chi connectivity index (χ3v) is 0. The summed E-state index contributed by atoms with van der Waals surface area (Å²) in [7, 11) is 0. The van der Waals surface area contributed by atoms with Gasteiger partial charge in [-0.1, -0.05) is 0 Å². The molecule has 0 saturated carbocycles. The maximum absolute atomic E-state index is 3.19. The van der Waals surface area contributed by atoms with Crippen molar-refractivity contribution < 1.29 is 46.5 Å². The molecule has 0 unspecified atom stereocenters. The molecule has 0 heterocycles. The van der Waals surface area contributed by atoms with Gasteiger partial charge >= 0.3 is 29.4 Å². The van der Waals surface area contributed by atoms with Crippen LogP contribution in [0.5, 0.6) is 0 Å². The molecule has 4 heteroatoms. The Morgan fingerprint density at radius 3 is 1.25 bits per heavy atom. The van der Waals surface area contributed by atoms with Gasteiger partial charge in [0.05, 0.1) is 0 Å². The number of rotatable bonds is 0. The fraction of sp³-hybridized carbons (Fsp3) is 0. The average molecular weight is 180 g/mol. The van der Waals surface area contributed by atoms with Crippen LogP contribution in [0.25, 0.3) is 0 Å². The zero-order chi connectivity index (χ0) is 2.00. The van der Waals surface area contributed by atoms with E-state index in [4.69, 9.17) is 0 Å². The van der Waals surface area contributed by atoms with E-state index < -0.39 is 0 Å². The van der Waals surface area contributed by atoms with Crippen molar-refractivity contribution in [3.8, 4) is 0 Å². The molecule has 3 N–H and O–H groups in total. The van der Waals surface area contributed by atoms with Crippen LogP contribution in [-0.2, 0) is 46.5 Å². The molecule has 0 aliphatic heterocycles. The van der Waals surface area contributed by atoms with Gasteiger partial charge in [-0.2, -0.15) is 0 Å². The predicted molar refractivity (Wildman–Crippen MR) is 5.02 cm³/mol. The molecule has 0 rings (SSSR count). The van der Waals surface area contributed by atoms with E-state index in [1.54, 1.807) is 0 Å². The van der Waals surface area contributed by atoms with Gasteiger partial charge in [0.1, 0.15) is 0 Å². The summed E-state index contributed by atoms with van der Waals surface area (Å²) in [5, 5.41) is 0. The summed E-state index contributed by atoms with van der Waals surface area (Å²) in [5.41, 5.74) is 0. The quantitative estimate of drug-likeness (QED) is 0.529. The SMILES string of the molecule is N.[Fe].[V][Fe]. The molecule has 0 aliphatic rings. The first-order chi connectivity index (χ1) is 1.00. The summed E-state index contributed by atoms with van der Waals surface area (Å²) in [6.07, 6.45) is 0. The first kappa shape index (κ1) is 17.6. The van der Waals surface area contributed by atoms with Crippen LogP contribution in [-0.4, -0.2) is 0 Å². The van der Waals surface area contributed by atoms with Crippen molar-refractivity contribution in [2.24, 2.45) is 0 Å².